The van der Waals surface area contributed by atoms with Crippen LogP contribution in [0.25, 0.3) is 0 Å². The molecule has 0 spiro atoms. The summed E-state index contributed by atoms with van der Waals surface area (Å²) in [5.41, 5.74) is -2.39. The van der Waals surface area contributed by atoms with Gasteiger partial charge in [0.05, 0.1) is 12.1 Å². The topological polar surface area (TPSA) is 46.5 Å². The fourth-order valence-corrected chi connectivity index (χ4v) is 1.65. The summed E-state index contributed by atoms with van der Waals surface area (Å²) in [4.78, 5) is 10.9. The molecule has 1 rings (SSSR count). The van der Waals surface area contributed by atoms with E-state index in [0.29, 0.717) is 5.75 Å². The number of methoxy groups -OCH3 is 1. The fourth-order valence-electron chi connectivity index (χ4n) is 1.39. The van der Waals surface area contributed by atoms with Crippen LogP contribution in [-0.4, -0.2) is 18.2 Å². The van der Waals surface area contributed by atoms with Crippen LogP contribution in [-0.2, 0) is 10.5 Å². The van der Waals surface area contributed by atoms with Gasteiger partial charge in [-0.3, -0.25) is 0 Å². The maximum absolute atomic E-state index is 14.1. The SMILES string of the molecule is CCC(F)(C(=O)O)c1ccc(OC)c(Cl)c1. The monoisotopic (exact) mass is 246 g/mol. The maximum Gasteiger partial charge on any atom is 0.346 e. The number of alkyl halides is 1. The Morgan fingerprint density at radius 1 is 1.62 bits per heavy atom. The predicted octanol–water partition coefficient (Wildman–Crippen LogP) is 3.01. The smallest absolute Gasteiger partial charge is 0.346 e. The second kappa shape index (κ2) is 4.70. The van der Waals surface area contributed by atoms with Gasteiger partial charge in [-0.2, -0.15) is 0 Å². The first-order valence-electron chi connectivity index (χ1n) is 4.72. The number of carbonyl (C=O) groups is 1. The van der Waals surface area contributed by atoms with Gasteiger partial charge in [-0.05, 0) is 18.6 Å². The van der Waals surface area contributed by atoms with Gasteiger partial charge in [-0.25, -0.2) is 9.18 Å². The van der Waals surface area contributed by atoms with Crippen molar-refractivity contribution >= 4 is 17.6 Å². The van der Waals surface area contributed by atoms with Crippen LogP contribution in [0, 0.1) is 0 Å². The molecule has 88 valence electrons. The van der Waals surface area contributed by atoms with E-state index in [9.17, 15) is 9.18 Å². The molecule has 1 N–H and O–H groups in total. The molecule has 16 heavy (non-hydrogen) atoms. The van der Waals surface area contributed by atoms with Gasteiger partial charge in [0.1, 0.15) is 5.75 Å². The number of rotatable bonds is 4. The van der Waals surface area contributed by atoms with Gasteiger partial charge in [-0.15, -0.1) is 0 Å². The highest BCUT2D eigenvalue weighted by atomic mass is 35.5. The zero-order valence-corrected chi connectivity index (χ0v) is 9.71. The molecule has 0 amide bonds. The molecule has 1 atom stereocenters. The number of carboxylic acid groups (broad SMARTS) is 1. The van der Waals surface area contributed by atoms with Gasteiger partial charge in [0.25, 0.3) is 0 Å². The lowest BCUT2D eigenvalue weighted by atomic mass is 9.93. The van der Waals surface area contributed by atoms with E-state index in [0.717, 1.165) is 0 Å². The lowest BCUT2D eigenvalue weighted by Gasteiger charge is -2.19. The van der Waals surface area contributed by atoms with E-state index in [1.54, 1.807) is 0 Å². The molecule has 0 fully saturated rings. The minimum absolute atomic E-state index is 0.0216. The summed E-state index contributed by atoms with van der Waals surface area (Å²) in [5, 5.41) is 9.05. The number of halogens is 2. The fraction of sp³-hybridized carbons (Fsp3) is 0.364. The van der Waals surface area contributed by atoms with E-state index in [4.69, 9.17) is 21.4 Å². The summed E-state index contributed by atoms with van der Waals surface area (Å²) in [6.07, 6.45) is -0.162. The highest BCUT2D eigenvalue weighted by molar-refractivity contribution is 6.32. The number of benzene rings is 1. The molecule has 0 radical (unpaired) electrons. The van der Waals surface area contributed by atoms with Crippen LogP contribution in [0.2, 0.25) is 5.02 Å². The summed E-state index contributed by atoms with van der Waals surface area (Å²) < 4.78 is 19.0. The Morgan fingerprint density at radius 3 is 2.62 bits per heavy atom. The zero-order chi connectivity index (χ0) is 12.3. The standard InChI is InChI=1S/C11H12ClFO3/c1-3-11(13,10(14)15)7-4-5-9(16-2)8(12)6-7/h4-6H,3H2,1-2H3,(H,14,15). The van der Waals surface area contributed by atoms with E-state index >= 15 is 0 Å². The van der Waals surface area contributed by atoms with Crippen molar-refractivity contribution < 1.29 is 19.0 Å². The Hall–Kier alpha value is -1.29. The summed E-state index contributed by atoms with van der Waals surface area (Å²) in [6, 6.07) is 4.09. The molecule has 1 aromatic rings. The third kappa shape index (κ3) is 2.11. The zero-order valence-electron chi connectivity index (χ0n) is 8.96. The molecule has 0 aliphatic carbocycles. The predicted molar refractivity (Wildman–Crippen MR) is 58.7 cm³/mol. The van der Waals surface area contributed by atoms with Crippen molar-refractivity contribution in [3.8, 4) is 5.75 Å². The van der Waals surface area contributed by atoms with Crippen LogP contribution < -0.4 is 4.74 Å². The lowest BCUT2D eigenvalue weighted by Crippen LogP contribution is -2.29. The number of hydrogen-bond acceptors (Lipinski definition) is 2. The average Bonchev–Trinajstić information content (AvgIpc) is 2.27. The first-order chi connectivity index (χ1) is 7.45. The average molecular weight is 247 g/mol. The minimum atomic E-state index is -2.41. The molecular formula is C11H12ClFO3. The summed E-state index contributed by atoms with van der Waals surface area (Å²) in [6.45, 7) is 1.46. The van der Waals surface area contributed by atoms with Gasteiger partial charge in [0, 0.05) is 5.56 Å². The van der Waals surface area contributed by atoms with Crippen LogP contribution in [0.1, 0.15) is 18.9 Å². The third-order valence-electron chi connectivity index (χ3n) is 2.44. The number of ether oxygens (including phenoxy) is 1. The first kappa shape index (κ1) is 12.8. The lowest BCUT2D eigenvalue weighted by molar-refractivity contribution is -0.151. The Morgan fingerprint density at radius 2 is 2.25 bits per heavy atom. The molecule has 0 aliphatic heterocycles. The van der Waals surface area contributed by atoms with Gasteiger partial charge in [0.2, 0.25) is 5.67 Å². The molecule has 1 unspecified atom stereocenters. The Balaban J connectivity index is 3.23. The molecule has 0 aromatic heterocycles. The largest absolute Gasteiger partial charge is 0.495 e. The van der Waals surface area contributed by atoms with Crippen LogP contribution in [0.15, 0.2) is 18.2 Å². The van der Waals surface area contributed by atoms with Crippen molar-refractivity contribution in [2.24, 2.45) is 0 Å². The van der Waals surface area contributed by atoms with E-state index in [1.165, 1.54) is 32.2 Å². The van der Waals surface area contributed by atoms with E-state index in [1.807, 2.05) is 0 Å². The number of aliphatic carboxylic acids is 1. The van der Waals surface area contributed by atoms with E-state index < -0.39 is 11.6 Å². The van der Waals surface area contributed by atoms with Gasteiger partial charge >= 0.3 is 5.97 Å². The Bertz CT molecular complexity index is 408. The quantitative estimate of drug-likeness (QED) is 0.888. The minimum Gasteiger partial charge on any atom is -0.495 e. The maximum atomic E-state index is 14.1. The Labute approximate surface area is 97.8 Å². The molecule has 1 aromatic carbocycles. The van der Waals surface area contributed by atoms with Crippen molar-refractivity contribution in [2.75, 3.05) is 7.11 Å². The number of hydrogen-bond donors (Lipinski definition) is 1. The highest BCUT2D eigenvalue weighted by Crippen LogP contribution is 2.34. The van der Waals surface area contributed by atoms with Gasteiger partial charge < -0.3 is 9.84 Å². The molecule has 3 nitrogen and oxygen atoms in total. The van der Waals surface area contributed by atoms with Crippen molar-refractivity contribution in [3.63, 3.8) is 0 Å². The van der Waals surface area contributed by atoms with Crippen molar-refractivity contribution in [1.82, 2.24) is 0 Å². The molecule has 5 heteroatoms. The second-order valence-corrected chi connectivity index (χ2v) is 3.72. The summed E-state index contributed by atoms with van der Waals surface area (Å²) in [7, 11) is 1.43. The second-order valence-electron chi connectivity index (χ2n) is 3.31. The van der Waals surface area contributed by atoms with E-state index in [2.05, 4.69) is 0 Å². The van der Waals surface area contributed by atoms with Crippen molar-refractivity contribution in [1.29, 1.82) is 0 Å². The molecule has 0 heterocycles. The molecule has 0 bridgehead atoms. The van der Waals surface area contributed by atoms with Crippen LogP contribution >= 0.6 is 11.6 Å². The van der Waals surface area contributed by atoms with Gasteiger partial charge in [-0.1, -0.05) is 24.6 Å². The molecule has 0 aliphatic rings. The number of carboxylic acids is 1. The molecule has 0 saturated carbocycles. The van der Waals surface area contributed by atoms with Crippen LogP contribution in [0.5, 0.6) is 5.75 Å². The Kier molecular flexibility index (Phi) is 3.75. The van der Waals surface area contributed by atoms with Crippen LogP contribution in [0.4, 0.5) is 4.39 Å². The van der Waals surface area contributed by atoms with Crippen molar-refractivity contribution in [3.05, 3.63) is 28.8 Å². The third-order valence-corrected chi connectivity index (χ3v) is 2.73. The summed E-state index contributed by atoms with van der Waals surface area (Å²) >= 11 is 5.81. The van der Waals surface area contributed by atoms with Crippen molar-refractivity contribution in [2.45, 2.75) is 19.0 Å². The van der Waals surface area contributed by atoms with Crippen LogP contribution in [0.3, 0.4) is 0 Å². The van der Waals surface area contributed by atoms with Gasteiger partial charge in [0.15, 0.2) is 0 Å². The summed E-state index contributed by atoms with van der Waals surface area (Å²) in [5.74, 6) is -1.13. The molecular weight excluding hydrogens is 235 g/mol. The normalized spacial score (nSPS) is 14.2. The first-order valence-corrected chi connectivity index (χ1v) is 5.09. The highest BCUT2D eigenvalue weighted by Gasteiger charge is 2.39. The van der Waals surface area contributed by atoms with E-state index in [-0.39, 0.29) is 17.0 Å². The molecule has 0 saturated heterocycles.